The molecule has 1 saturated carbocycles. The SMILES string of the molecule is Cc1nc(C(C)(N)C2CCCC2)no1. The number of aromatic nitrogens is 2. The van der Waals surface area contributed by atoms with Crippen molar-refractivity contribution in [2.75, 3.05) is 0 Å². The molecule has 2 rings (SSSR count). The topological polar surface area (TPSA) is 64.9 Å². The molecule has 1 unspecified atom stereocenters. The van der Waals surface area contributed by atoms with Crippen molar-refractivity contribution >= 4 is 0 Å². The van der Waals surface area contributed by atoms with Crippen molar-refractivity contribution in [3.63, 3.8) is 0 Å². The number of hydrogen-bond acceptors (Lipinski definition) is 4. The van der Waals surface area contributed by atoms with Crippen LogP contribution in [0.3, 0.4) is 0 Å². The van der Waals surface area contributed by atoms with E-state index in [4.69, 9.17) is 10.3 Å². The zero-order chi connectivity index (χ0) is 10.2. The van der Waals surface area contributed by atoms with Gasteiger partial charge in [-0.15, -0.1) is 0 Å². The lowest BCUT2D eigenvalue weighted by Crippen LogP contribution is -2.41. The van der Waals surface area contributed by atoms with Crippen molar-refractivity contribution in [2.45, 2.75) is 45.1 Å². The highest BCUT2D eigenvalue weighted by Gasteiger charge is 2.37. The van der Waals surface area contributed by atoms with E-state index in [1.54, 1.807) is 6.92 Å². The molecule has 0 aliphatic heterocycles. The van der Waals surface area contributed by atoms with Crippen LogP contribution in [-0.2, 0) is 5.54 Å². The van der Waals surface area contributed by atoms with Crippen LogP contribution in [0.5, 0.6) is 0 Å². The minimum absolute atomic E-state index is 0.422. The van der Waals surface area contributed by atoms with Crippen LogP contribution in [0.2, 0.25) is 0 Å². The summed E-state index contributed by atoms with van der Waals surface area (Å²) in [5, 5.41) is 3.92. The third-order valence-electron chi connectivity index (χ3n) is 3.21. The monoisotopic (exact) mass is 195 g/mol. The highest BCUT2D eigenvalue weighted by molar-refractivity contribution is 5.05. The molecule has 0 aromatic carbocycles. The Balaban J connectivity index is 2.22. The summed E-state index contributed by atoms with van der Waals surface area (Å²) in [5.41, 5.74) is 5.85. The van der Waals surface area contributed by atoms with Crippen LogP contribution < -0.4 is 5.73 Å². The molecule has 0 saturated heterocycles. The number of rotatable bonds is 2. The summed E-state index contributed by atoms with van der Waals surface area (Å²) in [6.45, 7) is 3.80. The maximum Gasteiger partial charge on any atom is 0.223 e. The van der Waals surface area contributed by atoms with Gasteiger partial charge in [-0.25, -0.2) is 0 Å². The van der Waals surface area contributed by atoms with Crippen LogP contribution in [-0.4, -0.2) is 10.1 Å². The second kappa shape index (κ2) is 3.35. The second-order valence-electron chi connectivity index (χ2n) is 4.40. The van der Waals surface area contributed by atoms with Crippen molar-refractivity contribution in [1.29, 1.82) is 0 Å². The van der Waals surface area contributed by atoms with Crippen LogP contribution in [0.1, 0.15) is 44.3 Å². The van der Waals surface area contributed by atoms with Gasteiger partial charge in [-0.1, -0.05) is 18.0 Å². The zero-order valence-corrected chi connectivity index (χ0v) is 8.79. The van der Waals surface area contributed by atoms with E-state index in [0.29, 0.717) is 17.6 Å². The Kier molecular flexibility index (Phi) is 2.31. The Morgan fingerprint density at radius 1 is 1.43 bits per heavy atom. The van der Waals surface area contributed by atoms with Crippen LogP contribution in [0.4, 0.5) is 0 Å². The van der Waals surface area contributed by atoms with Crippen LogP contribution >= 0.6 is 0 Å². The first kappa shape index (κ1) is 9.65. The first-order valence-electron chi connectivity index (χ1n) is 5.20. The van der Waals surface area contributed by atoms with Crippen molar-refractivity contribution in [1.82, 2.24) is 10.1 Å². The molecule has 1 atom stereocenters. The van der Waals surface area contributed by atoms with E-state index >= 15 is 0 Å². The molecular weight excluding hydrogens is 178 g/mol. The third kappa shape index (κ3) is 1.54. The predicted molar refractivity (Wildman–Crippen MR) is 52.5 cm³/mol. The van der Waals surface area contributed by atoms with E-state index in [0.717, 1.165) is 0 Å². The Bertz CT molecular complexity index is 313. The first-order valence-corrected chi connectivity index (χ1v) is 5.20. The average Bonchev–Trinajstić information content (AvgIpc) is 2.72. The van der Waals surface area contributed by atoms with Crippen LogP contribution in [0.25, 0.3) is 0 Å². The minimum atomic E-state index is -0.422. The molecule has 1 aromatic rings. The molecule has 0 amide bonds. The second-order valence-corrected chi connectivity index (χ2v) is 4.40. The van der Waals surface area contributed by atoms with Gasteiger partial charge in [0.1, 0.15) is 0 Å². The lowest BCUT2D eigenvalue weighted by atomic mass is 9.84. The fourth-order valence-corrected chi connectivity index (χ4v) is 2.23. The minimum Gasteiger partial charge on any atom is -0.340 e. The van der Waals surface area contributed by atoms with Crippen LogP contribution in [0, 0.1) is 12.8 Å². The van der Waals surface area contributed by atoms with Crippen LogP contribution in [0.15, 0.2) is 4.52 Å². The summed E-state index contributed by atoms with van der Waals surface area (Å²) >= 11 is 0. The molecule has 4 nitrogen and oxygen atoms in total. The van der Waals surface area contributed by atoms with E-state index in [2.05, 4.69) is 10.1 Å². The standard InChI is InChI=1S/C10H17N3O/c1-7-12-9(13-14-7)10(2,11)8-5-3-4-6-8/h8H,3-6,11H2,1-2H3. The molecule has 2 N–H and O–H groups in total. The average molecular weight is 195 g/mol. The fraction of sp³-hybridized carbons (Fsp3) is 0.800. The van der Waals surface area contributed by atoms with Crippen molar-refractivity contribution < 1.29 is 4.52 Å². The van der Waals surface area contributed by atoms with Gasteiger partial charge in [0.05, 0.1) is 5.54 Å². The number of aryl methyl sites for hydroxylation is 1. The van der Waals surface area contributed by atoms with E-state index in [-0.39, 0.29) is 0 Å². The molecule has 1 aliphatic rings. The van der Waals surface area contributed by atoms with Crippen molar-refractivity contribution in [3.8, 4) is 0 Å². The molecule has 1 aliphatic carbocycles. The van der Waals surface area contributed by atoms with Crippen molar-refractivity contribution in [2.24, 2.45) is 11.7 Å². The van der Waals surface area contributed by atoms with E-state index in [1.807, 2.05) is 6.92 Å². The third-order valence-corrected chi connectivity index (χ3v) is 3.21. The van der Waals surface area contributed by atoms with Gasteiger partial charge in [0, 0.05) is 6.92 Å². The summed E-state index contributed by atoms with van der Waals surface area (Å²) in [7, 11) is 0. The summed E-state index contributed by atoms with van der Waals surface area (Å²) in [4.78, 5) is 4.22. The Labute approximate surface area is 83.9 Å². The number of nitrogens with two attached hydrogens (primary N) is 1. The van der Waals surface area contributed by atoms with Gasteiger partial charge in [-0.2, -0.15) is 4.98 Å². The van der Waals surface area contributed by atoms with Gasteiger partial charge in [0.25, 0.3) is 0 Å². The summed E-state index contributed by atoms with van der Waals surface area (Å²) < 4.78 is 4.97. The Hall–Kier alpha value is -0.900. The lowest BCUT2D eigenvalue weighted by molar-refractivity contribution is 0.276. The maximum absolute atomic E-state index is 6.27. The highest BCUT2D eigenvalue weighted by Crippen LogP contribution is 2.37. The smallest absolute Gasteiger partial charge is 0.223 e. The molecule has 1 fully saturated rings. The maximum atomic E-state index is 6.27. The van der Waals surface area contributed by atoms with E-state index in [1.165, 1.54) is 25.7 Å². The summed E-state index contributed by atoms with van der Waals surface area (Å²) in [6, 6.07) is 0. The van der Waals surface area contributed by atoms with E-state index < -0.39 is 5.54 Å². The normalized spacial score (nSPS) is 22.5. The Morgan fingerprint density at radius 3 is 2.57 bits per heavy atom. The van der Waals surface area contributed by atoms with Crippen molar-refractivity contribution in [3.05, 3.63) is 11.7 Å². The molecule has 0 radical (unpaired) electrons. The molecular formula is C10H17N3O. The molecule has 4 heteroatoms. The fourth-order valence-electron chi connectivity index (χ4n) is 2.23. The summed E-state index contributed by atoms with van der Waals surface area (Å²) in [5.74, 6) is 1.75. The molecule has 78 valence electrons. The van der Waals surface area contributed by atoms with Gasteiger partial charge in [-0.3, -0.25) is 0 Å². The largest absolute Gasteiger partial charge is 0.340 e. The molecule has 14 heavy (non-hydrogen) atoms. The zero-order valence-electron chi connectivity index (χ0n) is 8.79. The quantitative estimate of drug-likeness (QED) is 0.780. The van der Waals surface area contributed by atoms with E-state index in [9.17, 15) is 0 Å². The molecule has 1 heterocycles. The van der Waals surface area contributed by atoms with Gasteiger partial charge in [0.15, 0.2) is 5.82 Å². The lowest BCUT2D eigenvalue weighted by Gasteiger charge is -2.27. The first-order chi connectivity index (χ1) is 6.60. The highest BCUT2D eigenvalue weighted by atomic mass is 16.5. The molecule has 0 spiro atoms. The van der Waals surface area contributed by atoms with Gasteiger partial charge in [0.2, 0.25) is 5.89 Å². The van der Waals surface area contributed by atoms with Gasteiger partial charge < -0.3 is 10.3 Å². The number of nitrogens with zero attached hydrogens (tertiary/aromatic N) is 2. The Morgan fingerprint density at radius 2 is 2.07 bits per heavy atom. The molecule has 0 bridgehead atoms. The number of hydrogen-bond donors (Lipinski definition) is 1. The predicted octanol–water partition coefficient (Wildman–Crippen LogP) is 1.74. The molecule has 1 aromatic heterocycles. The summed E-state index contributed by atoms with van der Waals surface area (Å²) in [6.07, 6.45) is 4.91. The van der Waals surface area contributed by atoms with Gasteiger partial charge >= 0.3 is 0 Å². The van der Waals surface area contributed by atoms with Gasteiger partial charge in [-0.05, 0) is 25.7 Å².